The van der Waals surface area contributed by atoms with E-state index in [0.717, 1.165) is 0 Å². The molecule has 0 atom stereocenters. The van der Waals surface area contributed by atoms with Gasteiger partial charge in [-0.25, -0.2) is 0 Å². The summed E-state index contributed by atoms with van der Waals surface area (Å²) in [6.45, 7) is 0. The Morgan fingerprint density at radius 1 is 0.783 bits per heavy atom. The van der Waals surface area contributed by atoms with E-state index in [2.05, 4.69) is 60.5 Å². The minimum Gasteiger partial charge on any atom is -0.343 e. The van der Waals surface area contributed by atoms with Gasteiger partial charge in [-0.1, -0.05) is 36.0 Å². The molecule has 0 amide bonds. The lowest BCUT2D eigenvalue weighted by Gasteiger charge is -2.32. The van der Waals surface area contributed by atoms with E-state index in [-0.39, 0.29) is 0 Å². The van der Waals surface area contributed by atoms with E-state index in [1.165, 1.54) is 57.6 Å². The van der Waals surface area contributed by atoms with E-state index in [0.29, 0.717) is 0 Å². The SMILES string of the molecule is CN1c2cc3c(cc2Sc2cc4ccccc4cc21)CCCC3. The Morgan fingerprint density at radius 3 is 2.17 bits per heavy atom. The van der Waals surface area contributed by atoms with Crippen molar-refractivity contribution in [2.75, 3.05) is 11.9 Å². The maximum absolute atomic E-state index is 2.45. The Balaban J connectivity index is 1.69. The number of fused-ring (bicyclic) bond motifs is 4. The fourth-order valence-corrected chi connectivity index (χ4v) is 5.12. The average molecular weight is 317 g/mol. The van der Waals surface area contributed by atoms with Gasteiger partial charge in [0.05, 0.1) is 11.4 Å². The van der Waals surface area contributed by atoms with Crippen LogP contribution in [0.2, 0.25) is 0 Å². The van der Waals surface area contributed by atoms with Gasteiger partial charge in [-0.2, -0.15) is 0 Å². The van der Waals surface area contributed by atoms with E-state index < -0.39 is 0 Å². The number of hydrogen-bond acceptors (Lipinski definition) is 2. The third-order valence-corrected chi connectivity index (χ3v) is 6.29. The van der Waals surface area contributed by atoms with Crippen molar-refractivity contribution in [3.8, 4) is 0 Å². The van der Waals surface area contributed by atoms with Crippen molar-refractivity contribution in [2.45, 2.75) is 35.5 Å². The molecule has 5 rings (SSSR count). The van der Waals surface area contributed by atoms with Crippen molar-refractivity contribution in [3.05, 3.63) is 59.7 Å². The summed E-state index contributed by atoms with van der Waals surface area (Å²) in [7, 11) is 2.21. The van der Waals surface area contributed by atoms with Crippen molar-refractivity contribution < 1.29 is 0 Å². The van der Waals surface area contributed by atoms with Crippen molar-refractivity contribution in [2.24, 2.45) is 0 Å². The first-order chi connectivity index (χ1) is 11.3. The first-order valence-electron chi connectivity index (χ1n) is 8.40. The highest BCUT2D eigenvalue weighted by Gasteiger charge is 2.23. The zero-order valence-corrected chi connectivity index (χ0v) is 14.1. The summed E-state index contributed by atoms with van der Waals surface area (Å²) in [5.41, 5.74) is 5.84. The molecule has 0 fully saturated rings. The molecule has 1 heterocycles. The second-order valence-electron chi connectivity index (χ2n) is 6.62. The van der Waals surface area contributed by atoms with Crippen LogP contribution in [0.4, 0.5) is 11.4 Å². The quantitative estimate of drug-likeness (QED) is 0.504. The van der Waals surface area contributed by atoms with Crippen molar-refractivity contribution in [1.29, 1.82) is 0 Å². The molecule has 0 radical (unpaired) electrons. The van der Waals surface area contributed by atoms with E-state index in [4.69, 9.17) is 0 Å². The Hall–Kier alpha value is -1.93. The minimum atomic E-state index is 1.24. The number of benzene rings is 3. The number of nitrogens with zero attached hydrogens (tertiary/aromatic N) is 1. The zero-order valence-electron chi connectivity index (χ0n) is 13.3. The summed E-state index contributed by atoms with van der Waals surface area (Å²) in [4.78, 5) is 5.16. The Morgan fingerprint density at radius 2 is 1.39 bits per heavy atom. The lowest BCUT2D eigenvalue weighted by molar-refractivity contribution is 0.683. The van der Waals surface area contributed by atoms with Crippen LogP contribution >= 0.6 is 11.8 Å². The lowest BCUT2D eigenvalue weighted by Crippen LogP contribution is -2.16. The van der Waals surface area contributed by atoms with E-state index in [1.54, 1.807) is 11.1 Å². The second kappa shape index (κ2) is 5.04. The molecular weight excluding hydrogens is 298 g/mol. The largest absolute Gasteiger partial charge is 0.343 e. The van der Waals surface area contributed by atoms with Crippen LogP contribution in [0.1, 0.15) is 24.0 Å². The average Bonchev–Trinajstić information content (AvgIpc) is 2.59. The summed E-state index contributed by atoms with van der Waals surface area (Å²) in [5, 5.41) is 2.65. The van der Waals surface area contributed by atoms with Crippen LogP contribution in [-0.2, 0) is 12.8 Å². The van der Waals surface area contributed by atoms with Crippen molar-refractivity contribution >= 4 is 33.9 Å². The summed E-state index contributed by atoms with van der Waals surface area (Å²) in [6, 6.07) is 18.2. The molecule has 0 saturated heterocycles. The molecule has 3 aromatic carbocycles. The van der Waals surface area contributed by atoms with Gasteiger partial charge in [-0.15, -0.1) is 0 Å². The summed E-state index contributed by atoms with van der Waals surface area (Å²) >= 11 is 1.93. The standard InChI is InChI=1S/C21H19NS/c1-22-18-10-14-6-2-4-8-16(14)12-20(18)23-21-13-17-9-5-3-7-15(17)11-19(21)22/h2,4,6,8,10-13H,3,5,7,9H2,1H3. The van der Waals surface area contributed by atoms with Crippen LogP contribution in [0.3, 0.4) is 0 Å². The first-order valence-corrected chi connectivity index (χ1v) is 9.21. The summed E-state index contributed by atoms with van der Waals surface area (Å²) < 4.78 is 0. The van der Waals surface area contributed by atoms with Gasteiger partial charge in [0.2, 0.25) is 0 Å². The van der Waals surface area contributed by atoms with Gasteiger partial charge in [-0.3, -0.25) is 0 Å². The normalized spacial score (nSPS) is 16.0. The van der Waals surface area contributed by atoms with Crippen LogP contribution in [0.5, 0.6) is 0 Å². The second-order valence-corrected chi connectivity index (χ2v) is 7.71. The molecule has 1 aliphatic carbocycles. The molecular formula is C21H19NS. The van der Waals surface area contributed by atoms with Gasteiger partial charge in [-0.05, 0) is 71.8 Å². The zero-order chi connectivity index (χ0) is 15.4. The molecule has 1 nitrogen and oxygen atoms in total. The molecule has 2 aliphatic rings. The Labute approximate surface area is 141 Å². The maximum atomic E-state index is 2.45. The van der Waals surface area contributed by atoms with Crippen LogP contribution in [0.25, 0.3) is 10.8 Å². The maximum Gasteiger partial charge on any atom is 0.0556 e. The highest BCUT2D eigenvalue weighted by atomic mass is 32.2. The number of rotatable bonds is 0. The molecule has 0 bridgehead atoms. The van der Waals surface area contributed by atoms with Crippen molar-refractivity contribution in [3.63, 3.8) is 0 Å². The Bertz CT molecular complexity index is 929. The van der Waals surface area contributed by atoms with Gasteiger partial charge in [0.1, 0.15) is 0 Å². The van der Waals surface area contributed by atoms with Gasteiger partial charge in [0.15, 0.2) is 0 Å². The van der Waals surface area contributed by atoms with Crippen molar-refractivity contribution in [1.82, 2.24) is 0 Å². The van der Waals surface area contributed by atoms with Crippen LogP contribution in [0.15, 0.2) is 58.3 Å². The Kier molecular flexibility index (Phi) is 2.96. The highest BCUT2D eigenvalue weighted by molar-refractivity contribution is 7.99. The predicted octanol–water partition coefficient (Wildman–Crippen LogP) is 5.95. The monoisotopic (exact) mass is 317 g/mol. The van der Waals surface area contributed by atoms with E-state index in [9.17, 15) is 0 Å². The fraction of sp³-hybridized carbons (Fsp3) is 0.238. The summed E-state index contributed by atoms with van der Waals surface area (Å²) in [6.07, 6.45) is 5.17. The van der Waals surface area contributed by atoms with Gasteiger partial charge < -0.3 is 4.90 Å². The van der Waals surface area contributed by atoms with Crippen LogP contribution in [-0.4, -0.2) is 7.05 Å². The first kappa shape index (κ1) is 13.5. The molecule has 23 heavy (non-hydrogen) atoms. The molecule has 1 aliphatic heterocycles. The van der Waals surface area contributed by atoms with Crippen LogP contribution in [0, 0.1) is 0 Å². The summed E-state index contributed by atoms with van der Waals surface area (Å²) in [5.74, 6) is 0. The highest BCUT2D eigenvalue weighted by Crippen LogP contribution is 2.49. The topological polar surface area (TPSA) is 3.24 Å². The molecule has 0 saturated carbocycles. The predicted molar refractivity (Wildman–Crippen MR) is 99.2 cm³/mol. The third-order valence-electron chi connectivity index (χ3n) is 5.19. The minimum absolute atomic E-state index is 1.24. The number of aryl methyl sites for hydroxylation is 2. The molecule has 2 heteroatoms. The molecule has 0 aromatic heterocycles. The molecule has 0 spiro atoms. The molecule has 0 N–H and O–H groups in total. The molecule has 114 valence electrons. The van der Waals surface area contributed by atoms with Crippen LogP contribution < -0.4 is 4.90 Å². The number of anilines is 2. The van der Waals surface area contributed by atoms with Gasteiger partial charge in [0, 0.05) is 16.8 Å². The third kappa shape index (κ3) is 2.08. The molecule has 3 aromatic rings. The van der Waals surface area contributed by atoms with E-state index >= 15 is 0 Å². The van der Waals surface area contributed by atoms with Gasteiger partial charge >= 0.3 is 0 Å². The lowest BCUT2D eigenvalue weighted by atomic mass is 9.91. The fourth-order valence-electron chi connectivity index (χ4n) is 3.89. The smallest absolute Gasteiger partial charge is 0.0556 e. The van der Waals surface area contributed by atoms with E-state index in [1.807, 2.05) is 11.8 Å². The molecule has 0 unspecified atom stereocenters. The van der Waals surface area contributed by atoms with Gasteiger partial charge in [0.25, 0.3) is 0 Å². The number of hydrogen-bond donors (Lipinski definition) is 0.